The van der Waals surface area contributed by atoms with Crippen LogP contribution in [-0.2, 0) is 23.1 Å². The number of nitrogens with one attached hydrogen (secondary N) is 1. The van der Waals surface area contributed by atoms with Crippen LogP contribution >= 0.6 is 11.8 Å². The minimum atomic E-state index is -0.159. The van der Waals surface area contributed by atoms with E-state index in [0.717, 1.165) is 54.5 Å². The van der Waals surface area contributed by atoms with Crippen LogP contribution in [0.3, 0.4) is 0 Å². The van der Waals surface area contributed by atoms with Gasteiger partial charge in [-0.1, -0.05) is 11.8 Å². The highest BCUT2D eigenvalue weighted by molar-refractivity contribution is 7.99. The van der Waals surface area contributed by atoms with Crippen LogP contribution in [0, 0.1) is 25.2 Å². The molecule has 8 nitrogen and oxygen atoms in total. The molecule has 154 valence electrons. The van der Waals surface area contributed by atoms with E-state index in [-0.39, 0.29) is 17.8 Å². The molecule has 0 unspecified atom stereocenters. The van der Waals surface area contributed by atoms with Crippen LogP contribution in [0.25, 0.3) is 0 Å². The Morgan fingerprint density at radius 1 is 1.34 bits per heavy atom. The fraction of sp³-hybridized carbons (Fsp3) is 0.600. The first kappa shape index (κ1) is 20.0. The van der Waals surface area contributed by atoms with Gasteiger partial charge in [0.15, 0.2) is 5.16 Å². The highest BCUT2D eigenvalue weighted by atomic mass is 32.2. The summed E-state index contributed by atoms with van der Waals surface area (Å²) >= 11 is 1.36. The second-order valence-corrected chi connectivity index (χ2v) is 8.74. The summed E-state index contributed by atoms with van der Waals surface area (Å²) < 4.78 is 9.75. The molecule has 1 amide bonds. The van der Waals surface area contributed by atoms with E-state index in [1.54, 1.807) is 0 Å². The van der Waals surface area contributed by atoms with Gasteiger partial charge in [0, 0.05) is 25.3 Å². The Kier molecular flexibility index (Phi) is 5.65. The van der Waals surface area contributed by atoms with Crippen molar-refractivity contribution in [3.05, 3.63) is 22.6 Å². The van der Waals surface area contributed by atoms with Crippen LogP contribution in [0.15, 0.2) is 5.16 Å². The molecule has 0 aromatic carbocycles. The maximum absolute atomic E-state index is 12.7. The van der Waals surface area contributed by atoms with Crippen molar-refractivity contribution in [1.82, 2.24) is 19.3 Å². The highest BCUT2D eigenvalue weighted by Gasteiger charge is 2.29. The van der Waals surface area contributed by atoms with Gasteiger partial charge >= 0.3 is 0 Å². The van der Waals surface area contributed by atoms with Crippen molar-refractivity contribution in [2.24, 2.45) is 7.05 Å². The Morgan fingerprint density at radius 3 is 2.79 bits per heavy atom. The number of anilines is 1. The van der Waals surface area contributed by atoms with Crippen LogP contribution in [0.4, 0.5) is 5.82 Å². The van der Waals surface area contributed by atoms with Crippen molar-refractivity contribution in [2.45, 2.75) is 63.3 Å². The van der Waals surface area contributed by atoms with E-state index in [2.05, 4.69) is 21.6 Å². The lowest BCUT2D eigenvalue weighted by molar-refractivity contribution is -0.113. The summed E-state index contributed by atoms with van der Waals surface area (Å²) in [6.45, 7) is 5.32. The number of amides is 1. The van der Waals surface area contributed by atoms with Crippen LogP contribution in [0.1, 0.15) is 54.2 Å². The van der Waals surface area contributed by atoms with Gasteiger partial charge in [-0.3, -0.25) is 4.79 Å². The molecule has 2 fully saturated rings. The van der Waals surface area contributed by atoms with E-state index in [1.807, 2.05) is 30.0 Å². The summed E-state index contributed by atoms with van der Waals surface area (Å²) in [6, 6.07) is 2.25. The molecule has 2 aliphatic rings. The number of nitrogens with zero attached hydrogens (tertiary/aromatic N) is 5. The molecule has 1 atom stereocenters. The summed E-state index contributed by atoms with van der Waals surface area (Å²) in [5.41, 5.74) is 2.41. The number of ether oxygens (including phenoxy) is 1. The number of nitriles is 1. The van der Waals surface area contributed by atoms with E-state index in [1.165, 1.54) is 11.8 Å². The van der Waals surface area contributed by atoms with Gasteiger partial charge in [-0.15, -0.1) is 10.2 Å². The molecule has 1 N–H and O–H groups in total. The monoisotopic (exact) mass is 414 g/mol. The van der Waals surface area contributed by atoms with E-state index < -0.39 is 0 Å². The molecule has 9 heteroatoms. The maximum Gasteiger partial charge on any atom is 0.235 e. The number of carbonyl (C=O) groups excluding carboxylic acids is 1. The zero-order valence-electron chi connectivity index (χ0n) is 17.1. The van der Waals surface area contributed by atoms with Gasteiger partial charge in [0.2, 0.25) is 5.91 Å². The molecule has 2 aromatic heterocycles. The Bertz CT molecular complexity index is 963. The third kappa shape index (κ3) is 4.05. The average Bonchev–Trinajstić information content (AvgIpc) is 3.21. The fourth-order valence-corrected chi connectivity index (χ4v) is 4.52. The molecule has 1 saturated heterocycles. The molecular formula is C20H26N6O2S. The van der Waals surface area contributed by atoms with Gasteiger partial charge in [0.1, 0.15) is 17.7 Å². The molecule has 0 radical (unpaired) electrons. The topological polar surface area (TPSA) is 97.8 Å². The first-order valence-electron chi connectivity index (χ1n) is 10.0. The Hall–Kier alpha value is -2.31. The molecular weight excluding hydrogens is 388 g/mol. The second kappa shape index (κ2) is 8.20. The van der Waals surface area contributed by atoms with Crippen molar-refractivity contribution < 1.29 is 9.53 Å². The third-order valence-electron chi connectivity index (χ3n) is 5.75. The zero-order valence-corrected chi connectivity index (χ0v) is 17.9. The van der Waals surface area contributed by atoms with Crippen LogP contribution in [0.5, 0.6) is 0 Å². The molecule has 4 rings (SSSR count). The lowest BCUT2D eigenvalue weighted by atomic mass is 10.2. The number of carbonyl (C=O) groups is 1. The summed E-state index contributed by atoms with van der Waals surface area (Å²) in [4.78, 5) is 12.7. The van der Waals surface area contributed by atoms with E-state index in [0.29, 0.717) is 23.8 Å². The van der Waals surface area contributed by atoms with Crippen LogP contribution in [0.2, 0.25) is 0 Å². The molecule has 1 aliphatic heterocycles. The first-order valence-corrected chi connectivity index (χ1v) is 11.0. The normalized spacial score (nSPS) is 18.8. The van der Waals surface area contributed by atoms with Crippen molar-refractivity contribution in [3.63, 3.8) is 0 Å². The van der Waals surface area contributed by atoms with Gasteiger partial charge in [-0.2, -0.15) is 5.26 Å². The predicted octanol–water partition coefficient (Wildman–Crippen LogP) is 2.89. The summed E-state index contributed by atoms with van der Waals surface area (Å²) in [7, 11) is 1.95. The van der Waals surface area contributed by atoms with Gasteiger partial charge in [-0.25, -0.2) is 0 Å². The van der Waals surface area contributed by atoms with E-state index in [4.69, 9.17) is 4.74 Å². The summed E-state index contributed by atoms with van der Waals surface area (Å²) in [6.07, 6.45) is 4.49. The number of rotatable bonds is 7. The van der Waals surface area contributed by atoms with Gasteiger partial charge in [-0.05, 0) is 45.1 Å². The first-order chi connectivity index (χ1) is 14.0. The van der Waals surface area contributed by atoms with Crippen molar-refractivity contribution in [1.29, 1.82) is 5.26 Å². The minimum absolute atomic E-state index is 0.122. The summed E-state index contributed by atoms with van der Waals surface area (Å²) in [5.74, 6) is 2.14. The smallest absolute Gasteiger partial charge is 0.235 e. The standard InChI is InChI=1S/C20H26N6O2S/c1-12-13(2)26(10-15-5-4-8-28-15)19(16(12)9-21)22-17(27)11-29-20-24-23-18(25(20)3)14-6-7-14/h14-15H,4-8,10-11H2,1-3H3,(H,22,27)/t15-/m0/s1. The Balaban J connectivity index is 1.46. The van der Waals surface area contributed by atoms with E-state index in [9.17, 15) is 10.1 Å². The lowest BCUT2D eigenvalue weighted by Crippen LogP contribution is -2.22. The molecule has 3 heterocycles. The average molecular weight is 415 g/mol. The number of hydrogen-bond acceptors (Lipinski definition) is 6. The largest absolute Gasteiger partial charge is 0.376 e. The number of thioether (sulfide) groups is 1. The predicted molar refractivity (Wildman–Crippen MR) is 110 cm³/mol. The zero-order chi connectivity index (χ0) is 20.5. The van der Waals surface area contributed by atoms with Crippen molar-refractivity contribution in [3.8, 4) is 6.07 Å². The van der Waals surface area contributed by atoms with Gasteiger partial charge in [0.05, 0.1) is 24.0 Å². The van der Waals surface area contributed by atoms with Gasteiger partial charge < -0.3 is 19.2 Å². The van der Waals surface area contributed by atoms with Crippen LogP contribution in [-0.4, -0.2) is 43.7 Å². The minimum Gasteiger partial charge on any atom is -0.376 e. The number of aromatic nitrogens is 4. The van der Waals surface area contributed by atoms with Crippen molar-refractivity contribution >= 4 is 23.5 Å². The molecule has 0 spiro atoms. The molecule has 1 saturated carbocycles. The Labute approximate surface area is 174 Å². The fourth-order valence-electron chi connectivity index (χ4n) is 3.80. The Morgan fingerprint density at radius 2 is 2.14 bits per heavy atom. The van der Waals surface area contributed by atoms with Crippen molar-refractivity contribution in [2.75, 3.05) is 17.7 Å². The highest BCUT2D eigenvalue weighted by Crippen LogP contribution is 2.39. The molecule has 29 heavy (non-hydrogen) atoms. The quantitative estimate of drug-likeness (QED) is 0.700. The van der Waals surface area contributed by atoms with E-state index >= 15 is 0 Å². The SMILES string of the molecule is Cc1c(C#N)c(NC(=O)CSc2nnc(C3CC3)n2C)n(C[C@@H]2CCCO2)c1C. The maximum atomic E-state index is 12.7. The lowest BCUT2D eigenvalue weighted by Gasteiger charge is -2.16. The second-order valence-electron chi connectivity index (χ2n) is 7.80. The third-order valence-corrected chi connectivity index (χ3v) is 6.77. The molecule has 2 aromatic rings. The molecule has 1 aliphatic carbocycles. The summed E-state index contributed by atoms with van der Waals surface area (Å²) in [5, 5.41) is 21.8. The number of hydrogen-bond donors (Lipinski definition) is 1. The van der Waals surface area contributed by atoms with Gasteiger partial charge in [0.25, 0.3) is 0 Å². The molecule has 0 bridgehead atoms. The van der Waals surface area contributed by atoms with Crippen LogP contribution < -0.4 is 5.32 Å².